The van der Waals surface area contributed by atoms with Gasteiger partial charge in [0.15, 0.2) is 5.82 Å². The zero-order chi connectivity index (χ0) is 22.7. The Hall–Kier alpha value is -3.80. The van der Waals surface area contributed by atoms with Gasteiger partial charge in [0.05, 0.1) is 18.5 Å². The second-order valence-electron chi connectivity index (χ2n) is 7.70. The van der Waals surface area contributed by atoms with E-state index in [9.17, 15) is 18.0 Å². The van der Waals surface area contributed by atoms with Crippen molar-refractivity contribution in [2.45, 2.75) is 37.8 Å². The molecule has 1 aromatic heterocycles. The first kappa shape index (κ1) is 21.4. The molecule has 1 saturated carbocycles. The summed E-state index contributed by atoms with van der Waals surface area (Å²) in [6, 6.07) is 14.4. The van der Waals surface area contributed by atoms with Gasteiger partial charge in [-0.15, -0.1) is 0 Å². The average Bonchev–Trinajstić information content (AvgIpc) is 3.16. The number of halogens is 3. The van der Waals surface area contributed by atoms with E-state index in [-0.39, 0.29) is 30.7 Å². The van der Waals surface area contributed by atoms with Crippen LogP contribution in [0.1, 0.15) is 29.5 Å². The Bertz CT molecular complexity index is 1160. The van der Waals surface area contributed by atoms with Crippen molar-refractivity contribution in [1.82, 2.24) is 9.78 Å². The number of amides is 1. The van der Waals surface area contributed by atoms with Crippen LogP contribution in [0.15, 0.2) is 54.7 Å². The van der Waals surface area contributed by atoms with E-state index in [4.69, 9.17) is 10.00 Å². The number of aromatic nitrogens is 2. The van der Waals surface area contributed by atoms with Crippen LogP contribution < -0.4 is 10.1 Å². The first-order valence-electron chi connectivity index (χ1n) is 9.95. The molecule has 164 valence electrons. The van der Waals surface area contributed by atoms with E-state index in [1.165, 1.54) is 12.1 Å². The normalized spacial score (nSPS) is 14.9. The molecular weight excluding hydrogens is 421 g/mol. The number of hydrogen-bond acceptors (Lipinski definition) is 4. The highest BCUT2D eigenvalue weighted by molar-refractivity contribution is 5.91. The number of nitrogens with zero attached hydrogens (tertiary/aromatic N) is 3. The zero-order valence-electron chi connectivity index (χ0n) is 16.9. The second kappa shape index (κ2) is 8.75. The fourth-order valence-corrected chi connectivity index (χ4v) is 3.40. The van der Waals surface area contributed by atoms with Crippen LogP contribution in [0.25, 0.3) is 0 Å². The summed E-state index contributed by atoms with van der Waals surface area (Å²) >= 11 is 0. The lowest BCUT2D eigenvalue weighted by molar-refractivity contribution is -0.134. The predicted molar refractivity (Wildman–Crippen MR) is 110 cm³/mol. The molecule has 0 radical (unpaired) electrons. The van der Waals surface area contributed by atoms with Crippen LogP contribution in [-0.2, 0) is 17.8 Å². The maximum absolute atomic E-state index is 13.4. The molecule has 1 aliphatic carbocycles. The molecule has 2 aromatic carbocycles. The summed E-state index contributed by atoms with van der Waals surface area (Å²) in [5.41, 5.74) is 1.41. The number of benzene rings is 2. The fraction of sp³-hybridized carbons (Fsp3) is 0.261. The minimum Gasteiger partial charge on any atom is -0.490 e. The van der Waals surface area contributed by atoms with Gasteiger partial charge in [0.1, 0.15) is 23.7 Å². The Morgan fingerprint density at radius 3 is 2.59 bits per heavy atom. The van der Waals surface area contributed by atoms with E-state index in [1.54, 1.807) is 53.3 Å². The fourth-order valence-electron chi connectivity index (χ4n) is 3.40. The summed E-state index contributed by atoms with van der Waals surface area (Å²) in [5, 5.41) is 15.9. The number of anilines is 1. The molecule has 1 heterocycles. The molecule has 0 bridgehead atoms. The summed E-state index contributed by atoms with van der Waals surface area (Å²) in [6.45, 7) is 0.319. The Kier molecular flexibility index (Phi) is 5.86. The van der Waals surface area contributed by atoms with Crippen molar-refractivity contribution < 1.29 is 22.7 Å². The lowest BCUT2D eigenvalue weighted by atomic mass is 9.91. The number of rotatable bonds is 7. The third kappa shape index (κ3) is 5.27. The molecule has 32 heavy (non-hydrogen) atoms. The van der Waals surface area contributed by atoms with Crippen LogP contribution in [-0.4, -0.2) is 27.7 Å². The van der Waals surface area contributed by atoms with Crippen LogP contribution in [0.2, 0.25) is 0 Å². The number of nitriles is 1. The molecule has 6 nitrogen and oxygen atoms in total. The molecule has 0 spiro atoms. The highest BCUT2D eigenvalue weighted by atomic mass is 19.3. The second-order valence-corrected chi connectivity index (χ2v) is 7.70. The van der Waals surface area contributed by atoms with Gasteiger partial charge in [0, 0.05) is 25.1 Å². The first-order valence-corrected chi connectivity index (χ1v) is 9.95. The van der Waals surface area contributed by atoms with Crippen molar-refractivity contribution in [2.75, 3.05) is 5.32 Å². The van der Waals surface area contributed by atoms with Gasteiger partial charge in [-0.2, -0.15) is 10.4 Å². The summed E-state index contributed by atoms with van der Waals surface area (Å²) in [5.74, 6) is -2.61. The van der Waals surface area contributed by atoms with Crippen molar-refractivity contribution in [3.63, 3.8) is 0 Å². The van der Waals surface area contributed by atoms with Gasteiger partial charge >= 0.3 is 0 Å². The number of nitrogens with one attached hydrogen (secondary N) is 1. The summed E-state index contributed by atoms with van der Waals surface area (Å²) < 4.78 is 46.2. The van der Waals surface area contributed by atoms with E-state index in [0.717, 1.165) is 5.56 Å². The number of hydrogen-bond donors (Lipinski definition) is 1. The van der Waals surface area contributed by atoms with Crippen molar-refractivity contribution in [2.24, 2.45) is 0 Å². The average molecular weight is 440 g/mol. The number of carbonyl (C=O) groups is 1. The third-order valence-electron chi connectivity index (χ3n) is 5.05. The van der Waals surface area contributed by atoms with E-state index >= 15 is 0 Å². The van der Waals surface area contributed by atoms with E-state index < -0.39 is 17.8 Å². The highest BCUT2D eigenvalue weighted by Crippen LogP contribution is 2.39. The van der Waals surface area contributed by atoms with Gasteiger partial charge in [0.2, 0.25) is 5.91 Å². The molecule has 3 aromatic rings. The first-order chi connectivity index (χ1) is 15.3. The maximum Gasteiger partial charge on any atom is 0.255 e. The zero-order valence-corrected chi connectivity index (χ0v) is 16.9. The standard InChI is InChI=1S/C23H19F3N4O2/c24-20-6-3-16(9-17(20)13-27)14-30-8-7-21(29-30)28-22(31)10-15-1-4-18(5-2-15)32-19-11-23(25,26)12-19/h1-9,19H,10-12,14H2,(H,28,29,31). The van der Waals surface area contributed by atoms with Crippen LogP contribution in [0.5, 0.6) is 5.75 Å². The van der Waals surface area contributed by atoms with Gasteiger partial charge in [-0.25, -0.2) is 13.2 Å². The SMILES string of the molecule is N#Cc1cc(Cn2ccc(NC(=O)Cc3ccc(OC4CC(F)(F)C4)cc3)n2)ccc1F. The molecular formula is C23H19F3N4O2. The van der Waals surface area contributed by atoms with Crippen LogP contribution in [0.3, 0.4) is 0 Å². The minimum absolute atomic E-state index is 0.0368. The maximum atomic E-state index is 13.4. The van der Waals surface area contributed by atoms with Gasteiger partial charge in [-0.3, -0.25) is 9.48 Å². The molecule has 1 fully saturated rings. The smallest absolute Gasteiger partial charge is 0.255 e. The monoisotopic (exact) mass is 440 g/mol. The Morgan fingerprint density at radius 1 is 1.19 bits per heavy atom. The lowest BCUT2D eigenvalue weighted by Crippen LogP contribution is -2.43. The van der Waals surface area contributed by atoms with Crippen molar-refractivity contribution in [3.8, 4) is 11.8 Å². The largest absolute Gasteiger partial charge is 0.490 e. The van der Waals surface area contributed by atoms with Gasteiger partial charge in [0.25, 0.3) is 5.92 Å². The molecule has 0 unspecified atom stereocenters. The van der Waals surface area contributed by atoms with E-state index in [0.29, 0.717) is 23.7 Å². The molecule has 0 atom stereocenters. The molecule has 1 aliphatic rings. The van der Waals surface area contributed by atoms with Crippen molar-refractivity contribution in [3.05, 3.63) is 77.2 Å². The van der Waals surface area contributed by atoms with Crippen molar-refractivity contribution in [1.29, 1.82) is 5.26 Å². The van der Waals surface area contributed by atoms with Crippen LogP contribution in [0, 0.1) is 17.1 Å². The summed E-state index contributed by atoms with van der Waals surface area (Å²) in [6.07, 6.45) is 0.754. The predicted octanol–water partition coefficient (Wildman–Crippen LogP) is 4.30. The topological polar surface area (TPSA) is 79.9 Å². The molecule has 1 amide bonds. The highest BCUT2D eigenvalue weighted by Gasteiger charge is 2.46. The molecule has 4 rings (SSSR count). The van der Waals surface area contributed by atoms with E-state index in [1.807, 2.05) is 0 Å². The quantitative estimate of drug-likeness (QED) is 0.594. The molecule has 0 aliphatic heterocycles. The Balaban J connectivity index is 1.28. The lowest BCUT2D eigenvalue weighted by Gasteiger charge is -2.34. The minimum atomic E-state index is -2.63. The van der Waals surface area contributed by atoms with Crippen molar-refractivity contribution >= 4 is 11.7 Å². The Labute approximate surface area is 182 Å². The summed E-state index contributed by atoms with van der Waals surface area (Å²) in [4.78, 5) is 12.3. The molecule has 0 saturated heterocycles. The number of carbonyl (C=O) groups excluding carboxylic acids is 1. The van der Waals surface area contributed by atoms with Crippen LogP contribution in [0.4, 0.5) is 19.0 Å². The van der Waals surface area contributed by atoms with Gasteiger partial charge in [-0.05, 0) is 35.4 Å². The molecule has 1 N–H and O–H groups in total. The number of ether oxygens (including phenoxy) is 1. The van der Waals surface area contributed by atoms with E-state index in [2.05, 4.69) is 10.4 Å². The van der Waals surface area contributed by atoms with Gasteiger partial charge in [-0.1, -0.05) is 18.2 Å². The Morgan fingerprint density at radius 2 is 1.91 bits per heavy atom. The molecule has 9 heteroatoms. The van der Waals surface area contributed by atoms with Gasteiger partial charge < -0.3 is 10.1 Å². The van der Waals surface area contributed by atoms with Crippen LogP contribution >= 0.6 is 0 Å². The summed E-state index contributed by atoms with van der Waals surface area (Å²) in [7, 11) is 0. The third-order valence-corrected chi connectivity index (χ3v) is 5.05. The number of alkyl halides is 2.